The van der Waals surface area contributed by atoms with Crippen molar-refractivity contribution in [1.82, 2.24) is 24.6 Å². The summed E-state index contributed by atoms with van der Waals surface area (Å²) in [6.45, 7) is 8.32. The number of nitrogens with zero attached hydrogens (tertiary/aromatic N) is 5. The normalized spacial score (nSPS) is 18.7. The zero-order valence-corrected chi connectivity index (χ0v) is 14.5. The van der Waals surface area contributed by atoms with E-state index in [1.807, 2.05) is 20.2 Å². The first-order valence-electron chi connectivity index (χ1n) is 8.38. The molecule has 1 unspecified atom stereocenters. The molecule has 1 saturated heterocycles. The van der Waals surface area contributed by atoms with Gasteiger partial charge in [0.1, 0.15) is 11.6 Å². The Hall–Kier alpha value is -1.95. The maximum Gasteiger partial charge on any atom is 0.129 e. The molecule has 0 aliphatic carbocycles. The molecule has 23 heavy (non-hydrogen) atoms. The third-order valence-electron chi connectivity index (χ3n) is 4.43. The molecule has 6 nitrogen and oxygen atoms in total. The van der Waals surface area contributed by atoms with Gasteiger partial charge in [-0.3, -0.25) is 9.58 Å². The summed E-state index contributed by atoms with van der Waals surface area (Å²) in [5.41, 5.74) is 2.39. The summed E-state index contributed by atoms with van der Waals surface area (Å²) < 4.78 is 2.11. The van der Waals surface area contributed by atoms with E-state index in [1.54, 1.807) is 0 Å². The Kier molecular flexibility index (Phi) is 4.61. The van der Waals surface area contributed by atoms with Crippen molar-refractivity contribution in [3.05, 3.63) is 35.5 Å². The van der Waals surface area contributed by atoms with Crippen molar-refractivity contribution in [3.63, 3.8) is 0 Å². The SMILES string of the molecule is CNc1cc(C2CCCN2Cc2ccnn2C(C)C)nc(C)n1. The molecule has 6 heteroatoms. The second kappa shape index (κ2) is 6.66. The van der Waals surface area contributed by atoms with Crippen molar-refractivity contribution in [2.75, 3.05) is 18.9 Å². The van der Waals surface area contributed by atoms with E-state index in [1.165, 1.54) is 12.1 Å². The fourth-order valence-electron chi connectivity index (χ4n) is 3.38. The largest absolute Gasteiger partial charge is 0.373 e. The van der Waals surface area contributed by atoms with Gasteiger partial charge in [0.15, 0.2) is 0 Å². The van der Waals surface area contributed by atoms with E-state index in [0.717, 1.165) is 36.8 Å². The van der Waals surface area contributed by atoms with Crippen LogP contribution in [0.3, 0.4) is 0 Å². The van der Waals surface area contributed by atoms with Gasteiger partial charge in [-0.15, -0.1) is 0 Å². The predicted molar refractivity (Wildman–Crippen MR) is 91.3 cm³/mol. The number of aryl methyl sites for hydroxylation is 1. The van der Waals surface area contributed by atoms with Crippen LogP contribution >= 0.6 is 0 Å². The molecule has 1 atom stereocenters. The molecule has 0 radical (unpaired) electrons. The molecule has 1 aliphatic heterocycles. The van der Waals surface area contributed by atoms with E-state index in [-0.39, 0.29) is 0 Å². The Morgan fingerprint density at radius 2 is 2.17 bits per heavy atom. The summed E-state index contributed by atoms with van der Waals surface area (Å²) in [5.74, 6) is 1.72. The van der Waals surface area contributed by atoms with Crippen LogP contribution in [0.4, 0.5) is 5.82 Å². The van der Waals surface area contributed by atoms with Gasteiger partial charge in [0.25, 0.3) is 0 Å². The first kappa shape index (κ1) is 15.9. The molecule has 1 fully saturated rings. The van der Waals surface area contributed by atoms with Gasteiger partial charge in [-0.25, -0.2) is 9.97 Å². The molecule has 0 saturated carbocycles. The summed E-state index contributed by atoms with van der Waals surface area (Å²) in [7, 11) is 1.90. The summed E-state index contributed by atoms with van der Waals surface area (Å²) >= 11 is 0. The Morgan fingerprint density at radius 3 is 2.91 bits per heavy atom. The van der Waals surface area contributed by atoms with Gasteiger partial charge in [-0.05, 0) is 46.2 Å². The third-order valence-corrected chi connectivity index (χ3v) is 4.43. The smallest absolute Gasteiger partial charge is 0.129 e. The first-order valence-corrected chi connectivity index (χ1v) is 8.38. The van der Waals surface area contributed by atoms with Crippen LogP contribution in [0.5, 0.6) is 0 Å². The molecular weight excluding hydrogens is 288 g/mol. The van der Waals surface area contributed by atoms with E-state index in [0.29, 0.717) is 12.1 Å². The van der Waals surface area contributed by atoms with Crippen LogP contribution < -0.4 is 5.32 Å². The molecule has 0 aromatic carbocycles. The quantitative estimate of drug-likeness (QED) is 0.919. The van der Waals surface area contributed by atoms with Gasteiger partial charge in [-0.1, -0.05) is 0 Å². The van der Waals surface area contributed by atoms with Crippen LogP contribution in [-0.2, 0) is 6.54 Å². The van der Waals surface area contributed by atoms with E-state index in [4.69, 9.17) is 0 Å². The van der Waals surface area contributed by atoms with Crippen LogP contribution in [0.2, 0.25) is 0 Å². The Bertz CT molecular complexity index is 663. The van der Waals surface area contributed by atoms with E-state index >= 15 is 0 Å². The van der Waals surface area contributed by atoms with Crippen LogP contribution in [0, 0.1) is 6.92 Å². The van der Waals surface area contributed by atoms with Gasteiger partial charge in [-0.2, -0.15) is 5.10 Å². The lowest BCUT2D eigenvalue weighted by Gasteiger charge is -2.25. The lowest BCUT2D eigenvalue weighted by molar-refractivity contribution is 0.234. The van der Waals surface area contributed by atoms with Gasteiger partial charge in [0.05, 0.1) is 17.4 Å². The monoisotopic (exact) mass is 314 g/mol. The lowest BCUT2D eigenvalue weighted by atomic mass is 10.1. The Labute approximate surface area is 137 Å². The molecule has 0 bridgehead atoms. The molecule has 124 valence electrons. The van der Waals surface area contributed by atoms with Crippen molar-refractivity contribution in [2.45, 2.75) is 52.2 Å². The number of rotatable bonds is 5. The van der Waals surface area contributed by atoms with E-state index < -0.39 is 0 Å². The van der Waals surface area contributed by atoms with Crippen molar-refractivity contribution >= 4 is 5.82 Å². The van der Waals surface area contributed by atoms with Crippen molar-refractivity contribution in [2.24, 2.45) is 0 Å². The first-order chi connectivity index (χ1) is 11.1. The molecule has 0 spiro atoms. The van der Waals surface area contributed by atoms with E-state index in [2.05, 4.69) is 55.9 Å². The molecule has 0 amide bonds. The molecule has 2 aromatic rings. The highest BCUT2D eigenvalue weighted by atomic mass is 15.3. The molecule has 3 rings (SSSR count). The fourth-order valence-corrected chi connectivity index (χ4v) is 3.38. The number of hydrogen-bond donors (Lipinski definition) is 1. The summed E-state index contributed by atoms with van der Waals surface area (Å²) in [5, 5.41) is 7.58. The molecular formula is C17H26N6. The molecule has 1 aliphatic rings. The van der Waals surface area contributed by atoms with Crippen molar-refractivity contribution in [1.29, 1.82) is 0 Å². The zero-order valence-electron chi connectivity index (χ0n) is 14.5. The highest BCUT2D eigenvalue weighted by Crippen LogP contribution is 2.33. The van der Waals surface area contributed by atoms with Gasteiger partial charge in [0.2, 0.25) is 0 Å². The summed E-state index contributed by atoms with van der Waals surface area (Å²) in [6.07, 6.45) is 4.25. The number of hydrogen-bond acceptors (Lipinski definition) is 5. The lowest BCUT2D eigenvalue weighted by Crippen LogP contribution is -2.25. The number of likely N-dealkylation sites (tertiary alicyclic amines) is 1. The Balaban J connectivity index is 1.83. The van der Waals surface area contributed by atoms with E-state index in [9.17, 15) is 0 Å². The summed E-state index contributed by atoms with van der Waals surface area (Å²) in [4.78, 5) is 11.6. The van der Waals surface area contributed by atoms with Gasteiger partial charge in [0, 0.05) is 31.9 Å². The highest BCUT2D eigenvalue weighted by molar-refractivity contribution is 5.36. The topological polar surface area (TPSA) is 58.9 Å². The maximum absolute atomic E-state index is 4.69. The maximum atomic E-state index is 4.69. The third kappa shape index (κ3) is 3.37. The minimum atomic E-state index is 0.360. The average Bonchev–Trinajstić information content (AvgIpc) is 3.16. The highest BCUT2D eigenvalue weighted by Gasteiger charge is 2.28. The predicted octanol–water partition coefficient (Wildman–Crippen LogP) is 2.94. The average molecular weight is 314 g/mol. The van der Waals surface area contributed by atoms with Crippen LogP contribution in [0.25, 0.3) is 0 Å². The second-order valence-corrected chi connectivity index (χ2v) is 6.46. The number of nitrogens with one attached hydrogen (secondary N) is 1. The standard InChI is InChI=1S/C17H26N6/c1-12(2)23-14(7-8-19-23)11-22-9-5-6-16(22)15-10-17(18-4)21-13(3)20-15/h7-8,10,12,16H,5-6,9,11H2,1-4H3,(H,18,20,21). The summed E-state index contributed by atoms with van der Waals surface area (Å²) in [6, 6.07) is 4.95. The second-order valence-electron chi connectivity index (χ2n) is 6.46. The fraction of sp³-hybridized carbons (Fsp3) is 0.588. The molecule has 3 heterocycles. The number of aromatic nitrogens is 4. The zero-order chi connectivity index (χ0) is 16.4. The van der Waals surface area contributed by atoms with Gasteiger partial charge >= 0.3 is 0 Å². The van der Waals surface area contributed by atoms with Crippen LogP contribution in [0.15, 0.2) is 18.3 Å². The Morgan fingerprint density at radius 1 is 1.35 bits per heavy atom. The van der Waals surface area contributed by atoms with Crippen LogP contribution in [0.1, 0.15) is 56.0 Å². The molecule has 1 N–H and O–H groups in total. The number of anilines is 1. The molecule has 2 aromatic heterocycles. The minimum Gasteiger partial charge on any atom is -0.373 e. The minimum absolute atomic E-state index is 0.360. The van der Waals surface area contributed by atoms with Gasteiger partial charge < -0.3 is 5.32 Å². The van der Waals surface area contributed by atoms with Crippen molar-refractivity contribution < 1.29 is 0 Å². The van der Waals surface area contributed by atoms with Crippen molar-refractivity contribution in [3.8, 4) is 0 Å². The van der Waals surface area contributed by atoms with Crippen LogP contribution in [-0.4, -0.2) is 38.2 Å².